The Kier molecular flexibility index (Phi) is 3.68. The van der Waals surface area contributed by atoms with E-state index in [1.165, 1.54) is 57.1 Å². The maximum atomic E-state index is 2.85. The van der Waals surface area contributed by atoms with Crippen LogP contribution >= 0.6 is 11.8 Å². The SMILES string of the molecule is c1ccc(N2C3CCCCC3SC3CCCCC32)cc1. The van der Waals surface area contributed by atoms with Gasteiger partial charge in [0.1, 0.15) is 0 Å². The summed E-state index contributed by atoms with van der Waals surface area (Å²) in [7, 11) is 0. The number of fused-ring (bicyclic) bond motifs is 2. The fourth-order valence-electron chi connectivity index (χ4n) is 4.56. The Balaban J connectivity index is 1.69. The van der Waals surface area contributed by atoms with E-state index in [0.29, 0.717) is 0 Å². The highest BCUT2D eigenvalue weighted by atomic mass is 32.2. The van der Waals surface area contributed by atoms with Crippen LogP contribution in [0.1, 0.15) is 51.4 Å². The Morgan fingerprint density at radius 2 is 1.30 bits per heavy atom. The molecule has 0 aromatic heterocycles. The highest BCUT2D eigenvalue weighted by molar-refractivity contribution is 8.00. The molecule has 0 bridgehead atoms. The number of nitrogens with zero attached hydrogens (tertiary/aromatic N) is 1. The molecular formula is C18H25NS. The molecule has 1 aromatic carbocycles. The van der Waals surface area contributed by atoms with Gasteiger partial charge >= 0.3 is 0 Å². The smallest absolute Gasteiger partial charge is 0.0412 e. The Morgan fingerprint density at radius 1 is 0.750 bits per heavy atom. The predicted molar refractivity (Wildman–Crippen MR) is 88.6 cm³/mol. The summed E-state index contributed by atoms with van der Waals surface area (Å²) < 4.78 is 0. The summed E-state index contributed by atoms with van der Waals surface area (Å²) >= 11 is 2.36. The Hall–Kier alpha value is -0.630. The molecule has 1 aliphatic heterocycles. The molecule has 1 saturated heterocycles. The van der Waals surface area contributed by atoms with Gasteiger partial charge in [0, 0.05) is 28.3 Å². The summed E-state index contributed by atoms with van der Waals surface area (Å²) in [6.45, 7) is 0. The first-order valence-corrected chi connectivity index (χ1v) is 9.36. The van der Waals surface area contributed by atoms with Crippen LogP contribution in [0.4, 0.5) is 5.69 Å². The van der Waals surface area contributed by atoms with Crippen molar-refractivity contribution < 1.29 is 0 Å². The zero-order chi connectivity index (χ0) is 13.4. The third kappa shape index (κ3) is 2.26. The molecular weight excluding hydrogens is 262 g/mol. The van der Waals surface area contributed by atoms with Crippen LogP contribution in [0.25, 0.3) is 0 Å². The van der Waals surface area contributed by atoms with Gasteiger partial charge in [-0.1, -0.05) is 43.9 Å². The number of hydrogen-bond donors (Lipinski definition) is 0. The monoisotopic (exact) mass is 287 g/mol. The van der Waals surface area contributed by atoms with Crippen LogP contribution in [-0.2, 0) is 0 Å². The number of hydrogen-bond acceptors (Lipinski definition) is 2. The molecule has 4 rings (SSSR count). The van der Waals surface area contributed by atoms with E-state index in [0.717, 1.165) is 22.6 Å². The number of anilines is 1. The van der Waals surface area contributed by atoms with E-state index in [-0.39, 0.29) is 0 Å². The molecule has 1 nitrogen and oxygen atoms in total. The van der Waals surface area contributed by atoms with Gasteiger partial charge in [-0.15, -0.1) is 0 Å². The van der Waals surface area contributed by atoms with Crippen LogP contribution in [0.3, 0.4) is 0 Å². The van der Waals surface area contributed by atoms with Crippen LogP contribution in [0, 0.1) is 0 Å². The van der Waals surface area contributed by atoms with Crippen LogP contribution in [-0.4, -0.2) is 22.6 Å². The largest absolute Gasteiger partial charge is 0.363 e. The van der Waals surface area contributed by atoms with Gasteiger partial charge in [-0.25, -0.2) is 0 Å². The molecule has 4 unspecified atom stereocenters. The van der Waals surface area contributed by atoms with E-state index < -0.39 is 0 Å². The molecule has 4 atom stereocenters. The number of thioether (sulfide) groups is 1. The molecule has 108 valence electrons. The van der Waals surface area contributed by atoms with E-state index in [9.17, 15) is 0 Å². The lowest BCUT2D eigenvalue weighted by Crippen LogP contribution is -2.59. The second-order valence-electron chi connectivity index (χ2n) is 6.66. The molecule has 2 heteroatoms. The summed E-state index contributed by atoms with van der Waals surface area (Å²) in [5.41, 5.74) is 1.49. The van der Waals surface area contributed by atoms with E-state index in [2.05, 4.69) is 47.0 Å². The first-order valence-electron chi connectivity index (χ1n) is 8.42. The summed E-state index contributed by atoms with van der Waals surface area (Å²) in [6.07, 6.45) is 11.5. The minimum atomic E-state index is 0.801. The van der Waals surface area contributed by atoms with Gasteiger partial charge in [0.25, 0.3) is 0 Å². The topological polar surface area (TPSA) is 3.24 Å². The highest BCUT2D eigenvalue weighted by Crippen LogP contribution is 2.47. The zero-order valence-corrected chi connectivity index (χ0v) is 13.0. The van der Waals surface area contributed by atoms with Crippen LogP contribution in [0.2, 0.25) is 0 Å². The number of benzene rings is 1. The standard InChI is InChI=1S/C18H25NS/c1-2-8-14(9-3-1)19-15-10-4-6-12-17(15)20-18-13-7-5-11-16(18)19/h1-3,8-9,15-18H,4-7,10-13H2. The average Bonchev–Trinajstić information content (AvgIpc) is 2.53. The van der Waals surface area contributed by atoms with Crippen molar-refractivity contribution >= 4 is 17.4 Å². The maximum absolute atomic E-state index is 2.85. The lowest BCUT2D eigenvalue weighted by atomic mass is 9.86. The molecule has 0 amide bonds. The maximum Gasteiger partial charge on any atom is 0.0412 e. The lowest BCUT2D eigenvalue weighted by molar-refractivity contribution is 0.332. The Labute approximate surface area is 127 Å². The fourth-order valence-corrected chi connectivity index (χ4v) is 6.51. The summed E-state index contributed by atoms with van der Waals surface area (Å²) in [5.74, 6) is 0. The minimum absolute atomic E-state index is 0.801. The molecule has 3 fully saturated rings. The van der Waals surface area contributed by atoms with Crippen molar-refractivity contribution in [2.75, 3.05) is 4.90 Å². The van der Waals surface area contributed by atoms with Crippen molar-refractivity contribution in [3.63, 3.8) is 0 Å². The van der Waals surface area contributed by atoms with Crippen molar-refractivity contribution in [2.45, 2.75) is 74.0 Å². The van der Waals surface area contributed by atoms with Gasteiger partial charge in [-0.2, -0.15) is 11.8 Å². The van der Waals surface area contributed by atoms with E-state index in [1.54, 1.807) is 0 Å². The van der Waals surface area contributed by atoms with Gasteiger partial charge in [-0.05, 0) is 37.8 Å². The van der Waals surface area contributed by atoms with Crippen LogP contribution in [0.15, 0.2) is 30.3 Å². The van der Waals surface area contributed by atoms with Crippen molar-refractivity contribution in [3.8, 4) is 0 Å². The zero-order valence-electron chi connectivity index (χ0n) is 12.2. The average molecular weight is 287 g/mol. The highest BCUT2D eigenvalue weighted by Gasteiger charge is 2.44. The molecule has 1 heterocycles. The Bertz CT molecular complexity index is 424. The van der Waals surface area contributed by atoms with Crippen molar-refractivity contribution in [3.05, 3.63) is 30.3 Å². The van der Waals surface area contributed by atoms with Gasteiger partial charge in [0.2, 0.25) is 0 Å². The van der Waals surface area contributed by atoms with Crippen LogP contribution in [0.5, 0.6) is 0 Å². The van der Waals surface area contributed by atoms with Gasteiger partial charge in [0.05, 0.1) is 0 Å². The van der Waals surface area contributed by atoms with Crippen LogP contribution < -0.4 is 4.90 Å². The molecule has 2 aliphatic carbocycles. The first kappa shape index (κ1) is 13.1. The minimum Gasteiger partial charge on any atom is -0.363 e. The second kappa shape index (κ2) is 5.63. The molecule has 0 radical (unpaired) electrons. The van der Waals surface area contributed by atoms with Gasteiger partial charge in [-0.3, -0.25) is 0 Å². The number of rotatable bonds is 1. The number of para-hydroxylation sites is 1. The van der Waals surface area contributed by atoms with Crippen molar-refractivity contribution in [2.24, 2.45) is 0 Å². The van der Waals surface area contributed by atoms with Crippen molar-refractivity contribution in [1.29, 1.82) is 0 Å². The molecule has 0 N–H and O–H groups in total. The fraction of sp³-hybridized carbons (Fsp3) is 0.667. The van der Waals surface area contributed by atoms with E-state index in [1.807, 2.05) is 0 Å². The predicted octanol–water partition coefficient (Wildman–Crippen LogP) is 4.86. The van der Waals surface area contributed by atoms with E-state index in [4.69, 9.17) is 0 Å². The van der Waals surface area contributed by atoms with Gasteiger partial charge < -0.3 is 4.90 Å². The normalized spacial score (nSPS) is 37.1. The quantitative estimate of drug-likeness (QED) is 0.725. The summed E-state index contributed by atoms with van der Waals surface area (Å²) in [4.78, 5) is 2.85. The summed E-state index contributed by atoms with van der Waals surface area (Å²) in [6, 6.07) is 12.9. The molecule has 2 saturated carbocycles. The molecule has 20 heavy (non-hydrogen) atoms. The lowest BCUT2D eigenvalue weighted by Gasteiger charge is -2.54. The molecule has 1 aromatic rings. The first-order chi connectivity index (χ1) is 9.93. The van der Waals surface area contributed by atoms with Crippen molar-refractivity contribution in [1.82, 2.24) is 0 Å². The molecule has 0 spiro atoms. The second-order valence-corrected chi connectivity index (χ2v) is 8.14. The van der Waals surface area contributed by atoms with Gasteiger partial charge in [0.15, 0.2) is 0 Å². The molecule has 3 aliphatic rings. The Morgan fingerprint density at radius 3 is 1.90 bits per heavy atom. The third-order valence-corrected chi connectivity index (χ3v) is 7.25. The third-order valence-electron chi connectivity index (χ3n) is 5.45. The summed E-state index contributed by atoms with van der Waals surface area (Å²) in [5, 5.41) is 1.78. The van der Waals surface area contributed by atoms with E-state index >= 15 is 0 Å².